The molecule has 0 bridgehead atoms. The average Bonchev–Trinajstić information content (AvgIpc) is 2.34. The van der Waals surface area contributed by atoms with Crippen LogP contribution < -0.4 is 11.1 Å². The van der Waals surface area contributed by atoms with Crippen molar-refractivity contribution in [2.45, 2.75) is 24.8 Å². The Hall–Kier alpha value is -1.07. The minimum Gasteiger partial charge on any atom is -0.392 e. The predicted molar refractivity (Wildman–Crippen MR) is 81.1 cm³/mol. The first-order chi connectivity index (χ1) is 8.47. The van der Waals surface area contributed by atoms with Crippen molar-refractivity contribution in [3.8, 4) is 0 Å². The summed E-state index contributed by atoms with van der Waals surface area (Å²) in [5.41, 5.74) is 6.31. The van der Waals surface area contributed by atoms with E-state index < -0.39 is 0 Å². The van der Waals surface area contributed by atoms with Gasteiger partial charge in [-0.15, -0.1) is 11.8 Å². The van der Waals surface area contributed by atoms with E-state index in [0.717, 1.165) is 4.90 Å². The molecular formula is C13H18N2OS2. The second kappa shape index (κ2) is 6.75. The van der Waals surface area contributed by atoms with Crippen LogP contribution >= 0.6 is 24.0 Å². The third-order valence-electron chi connectivity index (χ3n) is 2.61. The second-order valence-electron chi connectivity index (χ2n) is 4.30. The molecule has 0 saturated heterocycles. The molecule has 1 aromatic rings. The lowest BCUT2D eigenvalue weighted by Gasteiger charge is -2.21. The number of benzene rings is 1. The van der Waals surface area contributed by atoms with Crippen LogP contribution in [0.15, 0.2) is 29.2 Å². The van der Waals surface area contributed by atoms with E-state index in [1.54, 1.807) is 17.8 Å². The Morgan fingerprint density at radius 3 is 2.50 bits per heavy atom. The van der Waals surface area contributed by atoms with E-state index in [4.69, 9.17) is 18.0 Å². The molecule has 0 saturated carbocycles. The first-order valence-corrected chi connectivity index (χ1v) is 7.34. The number of hydrogen-bond donors (Lipinski definition) is 2. The van der Waals surface area contributed by atoms with E-state index in [0.29, 0.717) is 10.6 Å². The zero-order chi connectivity index (χ0) is 13.7. The van der Waals surface area contributed by atoms with Gasteiger partial charge in [0.2, 0.25) is 0 Å². The van der Waals surface area contributed by atoms with Crippen molar-refractivity contribution >= 4 is 34.9 Å². The Balaban J connectivity index is 2.90. The molecule has 1 rings (SSSR count). The number of hydrogen-bond acceptors (Lipinski definition) is 3. The molecule has 0 fully saturated rings. The fourth-order valence-corrected chi connectivity index (χ4v) is 2.54. The lowest BCUT2D eigenvalue weighted by atomic mass is 10.0. The lowest BCUT2D eigenvalue weighted by Crippen LogP contribution is -2.46. The highest BCUT2D eigenvalue weighted by Crippen LogP contribution is 2.20. The highest BCUT2D eigenvalue weighted by atomic mass is 32.2. The molecule has 3 nitrogen and oxygen atoms in total. The van der Waals surface area contributed by atoms with Gasteiger partial charge in [-0.1, -0.05) is 38.2 Å². The van der Waals surface area contributed by atoms with E-state index in [2.05, 4.69) is 5.32 Å². The fraction of sp³-hybridized carbons (Fsp3) is 0.385. The molecule has 18 heavy (non-hydrogen) atoms. The summed E-state index contributed by atoms with van der Waals surface area (Å²) >= 11 is 6.52. The molecule has 0 heterocycles. The minimum atomic E-state index is -0.276. The lowest BCUT2D eigenvalue weighted by molar-refractivity contribution is 0.0937. The van der Waals surface area contributed by atoms with Crippen molar-refractivity contribution in [1.29, 1.82) is 0 Å². The topological polar surface area (TPSA) is 55.1 Å². The highest BCUT2D eigenvalue weighted by molar-refractivity contribution is 7.98. The van der Waals surface area contributed by atoms with Crippen LogP contribution in [0.3, 0.4) is 0 Å². The first kappa shape index (κ1) is 15.0. The van der Waals surface area contributed by atoms with E-state index in [-0.39, 0.29) is 17.9 Å². The maximum atomic E-state index is 12.2. The third kappa shape index (κ3) is 3.71. The molecule has 0 aromatic heterocycles. The van der Waals surface area contributed by atoms with Crippen LogP contribution in [0.25, 0.3) is 0 Å². The van der Waals surface area contributed by atoms with E-state index >= 15 is 0 Å². The SMILES string of the molecule is CSc1ccccc1C(=O)NC(C(N)=S)C(C)C. The fourth-order valence-electron chi connectivity index (χ4n) is 1.62. The van der Waals surface area contributed by atoms with Gasteiger partial charge in [0.1, 0.15) is 0 Å². The van der Waals surface area contributed by atoms with Crippen molar-refractivity contribution in [3.63, 3.8) is 0 Å². The smallest absolute Gasteiger partial charge is 0.252 e. The molecule has 0 radical (unpaired) electrons. The van der Waals surface area contributed by atoms with Gasteiger partial charge in [0.25, 0.3) is 5.91 Å². The Morgan fingerprint density at radius 1 is 1.39 bits per heavy atom. The number of carbonyl (C=O) groups excluding carboxylic acids is 1. The van der Waals surface area contributed by atoms with Gasteiger partial charge < -0.3 is 11.1 Å². The zero-order valence-electron chi connectivity index (χ0n) is 10.8. The maximum Gasteiger partial charge on any atom is 0.252 e. The van der Waals surface area contributed by atoms with Gasteiger partial charge in [-0.3, -0.25) is 4.79 Å². The van der Waals surface area contributed by atoms with Crippen molar-refractivity contribution in [1.82, 2.24) is 5.32 Å². The summed E-state index contributed by atoms with van der Waals surface area (Å²) in [6.45, 7) is 3.95. The van der Waals surface area contributed by atoms with E-state index in [9.17, 15) is 4.79 Å². The molecule has 0 aliphatic carbocycles. The van der Waals surface area contributed by atoms with Crippen LogP contribution in [0.5, 0.6) is 0 Å². The second-order valence-corrected chi connectivity index (χ2v) is 5.62. The molecule has 0 spiro atoms. The summed E-state index contributed by atoms with van der Waals surface area (Å²) in [5, 5.41) is 2.89. The van der Waals surface area contributed by atoms with Crippen molar-refractivity contribution in [3.05, 3.63) is 29.8 Å². The molecule has 1 aromatic carbocycles. The van der Waals surface area contributed by atoms with E-state index in [1.165, 1.54) is 0 Å². The van der Waals surface area contributed by atoms with Crippen LogP contribution in [0.2, 0.25) is 0 Å². The van der Waals surface area contributed by atoms with Gasteiger partial charge in [-0.05, 0) is 24.3 Å². The Bertz CT molecular complexity index is 446. The summed E-state index contributed by atoms with van der Waals surface area (Å²) in [5.74, 6) is 0.0411. The molecule has 98 valence electrons. The molecule has 1 unspecified atom stereocenters. The number of carbonyl (C=O) groups is 1. The molecule has 0 aliphatic heterocycles. The number of rotatable bonds is 5. The molecule has 5 heteroatoms. The monoisotopic (exact) mass is 282 g/mol. The summed E-state index contributed by atoms with van der Waals surface area (Å²) < 4.78 is 0. The third-order valence-corrected chi connectivity index (χ3v) is 3.66. The van der Waals surface area contributed by atoms with Gasteiger partial charge in [-0.2, -0.15) is 0 Å². The molecule has 1 atom stereocenters. The van der Waals surface area contributed by atoms with Crippen molar-refractivity contribution in [2.24, 2.45) is 11.7 Å². The zero-order valence-corrected chi connectivity index (χ0v) is 12.4. The number of amides is 1. The number of thiocarbonyl (C=S) groups is 1. The van der Waals surface area contributed by atoms with Crippen LogP contribution in [0.1, 0.15) is 24.2 Å². The Labute approximate surface area is 118 Å². The largest absolute Gasteiger partial charge is 0.392 e. The van der Waals surface area contributed by atoms with Crippen LogP contribution in [0, 0.1) is 5.92 Å². The summed E-state index contributed by atoms with van der Waals surface area (Å²) in [4.78, 5) is 13.5. The average molecular weight is 282 g/mol. The van der Waals surface area contributed by atoms with Gasteiger partial charge in [0.15, 0.2) is 0 Å². The van der Waals surface area contributed by atoms with Crippen molar-refractivity contribution < 1.29 is 4.79 Å². The number of nitrogens with one attached hydrogen (secondary N) is 1. The molecule has 0 aliphatic rings. The Morgan fingerprint density at radius 2 is 2.00 bits per heavy atom. The molecule has 1 amide bonds. The van der Waals surface area contributed by atoms with Crippen LogP contribution in [-0.2, 0) is 0 Å². The van der Waals surface area contributed by atoms with Gasteiger partial charge >= 0.3 is 0 Å². The quantitative estimate of drug-likeness (QED) is 0.643. The minimum absolute atomic E-state index is 0.133. The van der Waals surface area contributed by atoms with E-state index in [1.807, 2.05) is 38.3 Å². The molecular weight excluding hydrogens is 264 g/mol. The summed E-state index contributed by atoms with van der Waals surface area (Å²) in [7, 11) is 0. The Kier molecular flexibility index (Phi) is 5.62. The van der Waals surface area contributed by atoms with Crippen LogP contribution in [-0.4, -0.2) is 23.2 Å². The summed E-state index contributed by atoms with van der Waals surface area (Å²) in [6, 6.07) is 7.21. The van der Waals surface area contributed by atoms with Crippen molar-refractivity contribution in [2.75, 3.05) is 6.26 Å². The predicted octanol–water partition coefficient (Wildman–Crippen LogP) is 2.45. The van der Waals surface area contributed by atoms with Gasteiger partial charge in [0.05, 0.1) is 16.6 Å². The van der Waals surface area contributed by atoms with Gasteiger partial charge in [0, 0.05) is 4.90 Å². The maximum absolute atomic E-state index is 12.2. The normalized spacial score (nSPS) is 12.2. The van der Waals surface area contributed by atoms with Crippen LogP contribution in [0.4, 0.5) is 0 Å². The summed E-state index contributed by atoms with van der Waals surface area (Å²) in [6.07, 6.45) is 1.94. The van der Waals surface area contributed by atoms with Gasteiger partial charge in [-0.25, -0.2) is 0 Å². The molecule has 3 N–H and O–H groups in total. The first-order valence-electron chi connectivity index (χ1n) is 5.70. The highest BCUT2D eigenvalue weighted by Gasteiger charge is 2.20. The standard InChI is InChI=1S/C13H18N2OS2/c1-8(2)11(12(14)17)15-13(16)9-6-4-5-7-10(9)18-3/h4-8,11H,1-3H3,(H2,14,17)(H,15,16). The number of nitrogens with two attached hydrogens (primary N) is 1. The number of thioether (sulfide) groups is 1.